The van der Waals surface area contributed by atoms with Crippen LogP contribution in [0, 0.1) is 5.92 Å². The molecule has 1 aliphatic heterocycles. The summed E-state index contributed by atoms with van der Waals surface area (Å²) in [6.45, 7) is 14.4. The quantitative estimate of drug-likeness (QED) is 0.381. The van der Waals surface area contributed by atoms with Crippen molar-refractivity contribution < 1.29 is 4.52 Å². The first kappa shape index (κ1) is 21.2. The number of likely N-dealkylation sites (tertiary alicyclic amines) is 1. The first-order valence-corrected chi connectivity index (χ1v) is 8.82. The Morgan fingerprint density at radius 3 is 2.79 bits per heavy atom. The number of guanidine groups is 1. The summed E-state index contributed by atoms with van der Waals surface area (Å²) < 4.78 is 5.34. The Balaban J connectivity index is 0.00000288. The molecule has 24 heavy (non-hydrogen) atoms. The fraction of sp³-hybridized carbons (Fsp3) is 0.765. The first-order valence-electron chi connectivity index (χ1n) is 8.82. The normalized spacial score (nSPS) is 18.7. The monoisotopic (exact) mass is 449 g/mol. The van der Waals surface area contributed by atoms with Gasteiger partial charge < -0.3 is 20.1 Å². The number of nitrogens with one attached hydrogen (secondary N) is 2. The van der Waals surface area contributed by atoms with E-state index in [0.717, 1.165) is 37.0 Å². The number of hydrogen-bond acceptors (Lipinski definition) is 4. The van der Waals surface area contributed by atoms with Gasteiger partial charge in [0.25, 0.3) is 0 Å². The summed E-state index contributed by atoms with van der Waals surface area (Å²) in [6.07, 6.45) is 1.26. The lowest BCUT2D eigenvalue weighted by atomic mass is 10.1. The third-order valence-corrected chi connectivity index (χ3v) is 4.28. The maximum absolute atomic E-state index is 5.34. The third-order valence-electron chi connectivity index (χ3n) is 4.28. The van der Waals surface area contributed by atoms with Crippen molar-refractivity contribution in [3.63, 3.8) is 0 Å². The first-order chi connectivity index (χ1) is 11.1. The van der Waals surface area contributed by atoms with Gasteiger partial charge in [-0.2, -0.15) is 0 Å². The van der Waals surface area contributed by atoms with E-state index in [9.17, 15) is 0 Å². The molecule has 0 radical (unpaired) electrons. The number of halogens is 1. The van der Waals surface area contributed by atoms with Gasteiger partial charge in [0, 0.05) is 25.7 Å². The van der Waals surface area contributed by atoms with E-state index in [4.69, 9.17) is 4.52 Å². The Labute approximate surface area is 162 Å². The van der Waals surface area contributed by atoms with Crippen molar-refractivity contribution in [2.75, 3.05) is 32.7 Å². The van der Waals surface area contributed by atoms with Crippen LogP contribution in [0.25, 0.3) is 0 Å². The molecule has 1 aromatic rings. The summed E-state index contributed by atoms with van der Waals surface area (Å²) >= 11 is 0. The smallest absolute Gasteiger partial charge is 0.191 e. The van der Waals surface area contributed by atoms with E-state index in [1.165, 1.54) is 19.5 Å². The molecule has 0 aromatic carbocycles. The van der Waals surface area contributed by atoms with Gasteiger partial charge in [-0.3, -0.25) is 0 Å². The molecule has 0 aliphatic carbocycles. The Morgan fingerprint density at radius 2 is 2.21 bits per heavy atom. The van der Waals surface area contributed by atoms with Crippen molar-refractivity contribution in [2.45, 2.75) is 46.6 Å². The van der Waals surface area contributed by atoms with E-state index < -0.39 is 0 Å². The van der Waals surface area contributed by atoms with Crippen LogP contribution in [0.1, 0.15) is 51.5 Å². The van der Waals surface area contributed by atoms with Crippen molar-refractivity contribution in [1.29, 1.82) is 0 Å². The van der Waals surface area contributed by atoms with Gasteiger partial charge in [-0.15, -0.1) is 24.0 Å². The highest BCUT2D eigenvalue weighted by Gasteiger charge is 2.21. The molecule has 2 heterocycles. The lowest BCUT2D eigenvalue weighted by molar-refractivity contribution is 0.341. The lowest BCUT2D eigenvalue weighted by Gasteiger charge is -2.16. The molecule has 6 nitrogen and oxygen atoms in total. The van der Waals surface area contributed by atoms with Crippen LogP contribution in [-0.2, 0) is 6.54 Å². The fourth-order valence-electron chi connectivity index (χ4n) is 2.78. The molecule has 0 spiro atoms. The molecule has 1 fully saturated rings. The van der Waals surface area contributed by atoms with Crippen molar-refractivity contribution in [3.05, 3.63) is 17.5 Å². The van der Waals surface area contributed by atoms with Crippen LogP contribution in [-0.4, -0.2) is 48.7 Å². The zero-order chi connectivity index (χ0) is 16.7. The Morgan fingerprint density at radius 1 is 1.42 bits per heavy atom. The van der Waals surface area contributed by atoms with Gasteiger partial charge >= 0.3 is 0 Å². The predicted molar refractivity (Wildman–Crippen MR) is 109 cm³/mol. The molecule has 1 aromatic heterocycles. The Bertz CT molecular complexity index is 503. The average molecular weight is 449 g/mol. The van der Waals surface area contributed by atoms with E-state index in [0.29, 0.717) is 18.4 Å². The van der Waals surface area contributed by atoms with Crippen molar-refractivity contribution in [1.82, 2.24) is 20.7 Å². The molecule has 1 atom stereocenters. The van der Waals surface area contributed by atoms with Gasteiger partial charge in [-0.1, -0.05) is 25.9 Å². The van der Waals surface area contributed by atoms with E-state index in [-0.39, 0.29) is 24.0 Å². The molecular formula is C17H32IN5O. The summed E-state index contributed by atoms with van der Waals surface area (Å²) in [5.74, 6) is 2.75. The molecule has 1 saturated heterocycles. The van der Waals surface area contributed by atoms with E-state index in [2.05, 4.69) is 53.4 Å². The highest BCUT2D eigenvalue weighted by Crippen LogP contribution is 2.15. The second-order valence-electron chi connectivity index (χ2n) is 6.50. The fourth-order valence-corrected chi connectivity index (χ4v) is 2.78. The maximum atomic E-state index is 5.34. The molecule has 7 heteroatoms. The Kier molecular flexibility index (Phi) is 9.65. The molecule has 0 bridgehead atoms. The summed E-state index contributed by atoms with van der Waals surface area (Å²) in [6, 6.07) is 1.99. The third kappa shape index (κ3) is 6.58. The zero-order valence-corrected chi connectivity index (χ0v) is 17.7. The molecule has 1 aliphatic rings. The van der Waals surface area contributed by atoms with Gasteiger partial charge in [-0.05, 0) is 38.3 Å². The second-order valence-corrected chi connectivity index (χ2v) is 6.50. The largest absolute Gasteiger partial charge is 0.359 e. The minimum absolute atomic E-state index is 0. The highest BCUT2D eigenvalue weighted by molar-refractivity contribution is 14.0. The highest BCUT2D eigenvalue weighted by atomic mass is 127. The van der Waals surface area contributed by atoms with Crippen LogP contribution in [0.4, 0.5) is 0 Å². The summed E-state index contributed by atoms with van der Waals surface area (Å²) in [7, 11) is 0. The SMILES string of the molecule is CCNC(=NCc1cc(C(C)C)no1)NCC1CCN(CC)C1.I. The van der Waals surface area contributed by atoms with Crippen LogP contribution in [0.15, 0.2) is 15.6 Å². The lowest BCUT2D eigenvalue weighted by Crippen LogP contribution is -2.40. The maximum Gasteiger partial charge on any atom is 0.191 e. The topological polar surface area (TPSA) is 65.7 Å². The van der Waals surface area contributed by atoms with Crippen molar-refractivity contribution in [2.24, 2.45) is 10.9 Å². The second kappa shape index (κ2) is 10.9. The molecular weight excluding hydrogens is 417 g/mol. The van der Waals surface area contributed by atoms with E-state index >= 15 is 0 Å². The van der Waals surface area contributed by atoms with Crippen LogP contribution in [0.3, 0.4) is 0 Å². The van der Waals surface area contributed by atoms with Crippen LogP contribution in [0.2, 0.25) is 0 Å². The number of hydrogen-bond donors (Lipinski definition) is 2. The molecule has 2 N–H and O–H groups in total. The Hall–Kier alpha value is -0.830. The number of nitrogens with zero attached hydrogens (tertiary/aromatic N) is 3. The van der Waals surface area contributed by atoms with Gasteiger partial charge in [-0.25, -0.2) is 4.99 Å². The molecule has 0 saturated carbocycles. The minimum Gasteiger partial charge on any atom is -0.359 e. The number of rotatable bonds is 7. The van der Waals surface area contributed by atoms with Crippen molar-refractivity contribution in [3.8, 4) is 0 Å². The minimum atomic E-state index is 0. The van der Waals surface area contributed by atoms with Crippen molar-refractivity contribution >= 4 is 29.9 Å². The summed E-state index contributed by atoms with van der Waals surface area (Å²) in [5, 5.41) is 10.8. The summed E-state index contributed by atoms with van der Waals surface area (Å²) in [4.78, 5) is 7.10. The average Bonchev–Trinajstić information content (AvgIpc) is 3.19. The van der Waals surface area contributed by atoms with Crippen LogP contribution < -0.4 is 10.6 Å². The summed E-state index contributed by atoms with van der Waals surface area (Å²) in [5.41, 5.74) is 0.985. The molecule has 2 rings (SSSR count). The standard InChI is InChI=1S/C17H31N5O.HI/c1-5-18-17(19-10-14-7-8-22(6-2)12-14)20-11-15-9-16(13(3)4)21-23-15;/h9,13-14H,5-8,10-12H2,1-4H3,(H2,18,19,20);1H. The van der Waals surface area contributed by atoms with E-state index in [1.807, 2.05) is 6.07 Å². The van der Waals surface area contributed by atoms with Gasteiger partial charge in [0.15, 0.2) is 11.7 Å². The molecule has 138 valence electrons. The predicted octanol–water partition coefficient (Wildman–Crippen LogP) is 2.81. The van der Waals surface area contributed by atoms with E-state index in [1.54, 1.807) is 0 Å². The zero-order valence-electron chi connectivity index (χ0n) is 15.3. The number of aliphatic imine (C=N–C) groups is 1. The van der Waals surface area contributed by atoms with Gasteiger partial charge in [0.2, 0.25) is 0 Å². The molecule has 1 unspecified atom stereocenters. The van der Waals surface area contributed by atoms with Crippen LogP contribution in [0.5, 0.6) is 0 Å². The van der Waals surface area contributed by atoms with Gasteiger partial charge in [0.05, 0.1) is 5.69 Å². The van der Waals surface area contributed by atoms with Gasteiger partial charge in [0.1, 0.15) is 6.54 Å². The molecule has 0 amide bonds. The van der Waals surface area contributed by atoms with Crippen LogP contribution >= 0.6 is 24.0 Å². The number of aromatic nitrogens is 1.